The largest absolute Gasteiger partial charge is 0.398 e. The van der Waals surface area contributed by atoms with Crippen molar-refractivity contribution in [2.24, 2.45) is 0 Å². The first-order valence-electron chi connectivity index (χ1n) is 3.99. The number of hydrogen-bond acceptors (Lipinski definition) is 2. The molecule has 0 spiro atoms. The van der Waals surface area contributed by atoms with Gasteiger partial charge in [-0.2, -0.15) is 0 Å². The molecule has 0 aliphatic carbocycles. The Hall–Kier alpha value is -1.44. The molecule has 12 heavy (non-hydrogen) atoms. The van der Waals surface area contributed by atoms with Crippen LogP contribution in [0.25, 0.3) is 0 Å². The minimum absolute atomic E-state index is 0.775. The van der Waals surface area contributed by atoms with Crippen LogP contribution in [0.1, 0.15) is 12.0 Å². The van der Waals surface area contributed by atoms with Gasteiger partial charge in [-0.3, -0.25) is 0 Å². The maximum absolute atomic E-state index is 5.75. The quantitative estimate of drug-likeness (QED) is 0.527. The predicted molar refractivity (Wildman–Crippen MR) is 53.8 cm³/mol. The minimum atomic E-state index is 0.775. The number of allylic oxidation sites excluding steroid dienone is 1. The number of nitrogen functional groups attached to an aromatic ring is 2. The summed E-state index contributed by atoms with van der Waals surface area (Å²) in [6.45, 7) is 3.65. The fraction of sp³-hybridized carbons (Fsp3) is 0.200. The summed E-state index contributed by atoms with van der Waals surface area (Å²) in [5.74, 6) is 0. The lowest BCUT2D eigenvalue weighted by Gasteiger charge is -2.06. The van der Waals surface area contributed by atoms with Crippen molar-refractivity contribution in [2.45, 2.75) is 12.8 Å². The molecule has 0 heterocycles. The molecule has 0 radical (unpaired) electrons. The van der Waals surface area contributed by atoms with Gasteiger partial charge in [-0.25, -0.2) is 0 Å². The SMILES string of the molecule is C=CCCc1c(N)cccc1N. The Balaban J connectivity index is 2.88. The van der Waals surface area contributed by atoms with Gasteiger partial charge in [-0.15, -0.1) is 6.58 Å². The highest BCUT2D eigenvalue weighted by molar-refractivity contribution is 5.61. The van der Waals surface area contributed by atoms with Gasteiger partial charge < -0.3 is 11.5 Å². The topological polar surface area (TPSA) is 52.0 Å². The van der Waals surface area contributed by atoms with Gasteiger partial charge in [-0.05, 0) is 30.5 Å². The Kier molecular flexibility index (Phi) is 2.75. The van der Waals surface area contributed by atoms with Gasteiger partial charge in [0.05, 0.1) is 0 Å². The van der Waals surface area contributed by atoms with Crippen molar-refractivity contribution in [3.8, 4) is 0 Å². The van der Waals surface area contributed by atoms with E-state index < -0.39 is 0 Å². The molecule has 0 aromatic heterocycles. The fourth-order valence-corrected chi connectivity index (χ4v) is 1.16. The van der Waals surface area contributed by atoms with Crippen LogP contribution < -0.4 is 11.5 Å². The predicted octanol–water partition coefficient (Wildman–Crippen LogP) is 1.97. The van der Waals surface area contributed by atoms with Crippen molar-refractivity contribution >= 4 is 11.4 Å². The van der Waals surface area contributed by atoms with Crippen molar-refractivity contribution in [1.82, 2.24) is 0 Å². The lowest BCUT2D eigenvalue weighted by atomic mass is 10.1. The molecule has 2 heteroatoms. The number of anilines is 2. The van der Waals surface area contributed by atoms with E-state index in [0.717, 1.165) is 29.8 Å². The summed E-state index contributed by atoms with van der Waals surface area (Å²) in [6, 6.07) is 5.60. The second-order valence-electron chi connectivity index (χ2n) is 2.74. The van der Waals surface area contributed by atoms with E-state index in [2.05, 4.69) is 6.58 Å². The average molecular weight is 162 g/mol. The molecule has 64 valence electrons. The highest BCUT2D eigenvalue weighted by atomic mass is 14.6. The molecule has 1 aromatic rings. The zero-order valence-corrected chi connectivity index (χ0v) is 7.09. The Labute approximate surface area is 72.9 Å². The summed E-state index contributed by atoms with van der Waals surface area (Å²) < 4.78 is 0. The van der Waals surface area contributed by atoms with Crippen molar-refractivity contribution in [2.75, 3.05) is 11.5 Å². The number of benzene rings is 1. The molecular weight excluding hydrogens is 148 g/mol. The van der Waals surface area contributed by atoms with Crippen LogP contribution in [0, 0.1) is 0 Å². The van der Waals surface area contributed by atoms with E-state index in [-0.39, 0.29) is 0 Å². The van der Waals surface area contributed by atoms with E-state index in [0.29, 0.717) is 0 Å². The second kappa shape index (κ2) is 3.81. The third-order valence-corrected chi connectivity index (χ3v) is 1.85. The van der Waals surface area contributed by atoms with E-state index in [1.807, 2.05) is 24.3 Å². The van der Waals surface area contributed by atoms with Crippen LogP contribution in [0.3, 0.4) is 0 Å². The molecular formula is C10H14N2. The first-order valence-corrected chi connectivity index (χ1v) is 3.99. The Bertz CT molecular complexity index is 259. The monoisotopic (exact) mass is 162 g/mol. The van der Waals surface area contributed by atoms with Crippen LogP contribution in [0.15, 0.2) is 30.9 Å². The highest BCUT2D eigenvalue weighted by Crippen LogP contribution is 2.20. The first-order chi connectivity index (χ1) is 5.75. The maximum Gasteiger partial charge on any atom is 0.0367 e. The third kappa shape index (κ3) is 1.78. The van der Waals surface area contributed by atoms with E-state index >= 15 is 0 Å². The fourth-order valence-electron chi connectivity index (χ4n) is 1.16. The lowest BCUT2D eigenvalue weighted by molar-refractivity contribution is 1.01. The number of nitrogens with two attached hydrogens (primary N) is 2. The summed E-state index contributed by atoms with van der Waals surface area (Å²) in [6.07, 6.45) is 3.66. The van der Waals surface area contributed by atoms with E-state index in [9.17, 15) is 0 Å². The average Bonchev–Trinajstić information content (AvgIpc) is 2.04. The highest BCUT2D eigenvalue weighted by Gasteiger charge is 2.00. The standard InChI is InChI=1S/C10H14N2/c1-2-3-5-8-9(11)6-4-7-10(8)12/h2,4,6-7H,1,3,5,11-12H2. The molecule has 0 bridgehead atoms. The van der Waals surface area contributed by atoms with Crippen molar-refractivity contribution in [3.63, 3.8) is 0 Å². The summed E-state index contributed by atoms with van der Waals surface area (Å²) >= 11 is 0. The Morgan fingerprint density at radius 1 is 1.25 bits per heavy atom. The number of hydrogen-bond donors (Lipinski definition) is 2. The van der Waals surface area contributed by atoms with Gasteiger partial charge in [0, 0.05) is 11.4 Å². The lowest BCUT2D eigenvalue weighted by Crippen LogP contribution is -1.99. The van der Waals surface area contributed by atoms with Gasteiger partial charge in [0.15, 0.2) is 0 Å². The molecule has 1 aromatic carbocycles. The Morgan fingerprint density at radius 2 is 1.83 bits per heavy atom. The second-order valence-corrected chi connectivity index (χ2v) is 2.74. The normalized spacial score (nSPS) is 9.67. The molecule has 0 aliphatic rings. The number of rotatable bonds is 3. The summed E-state index contributed by atoms with van der Waals surface area (Å²) in [7, 11) is 0. The van der Waals surface area contributed by atoms with Crippen LogP contribution >= 0.6 is 0 Å². The van der Waals surface area contributed by atoms with Gasteiger partial charge in [-0.1, -0.05) is 12.1 Å². The molecule has 0 fully saturated rings. The van der Waals surface area contributed by atoms with Crippen LogP contribution in [-0.4, -0.2) is 0 Å². The van der Waals surface area contributed by atoms with Crippen LogP contribution in [-0.2, 0) is 6.42 Å². The van der Waals surface area contributed by atoms with Crippen molar-refractivity contribution in [3.05, 3.63) is 36.4 Å². The Morgan fingerprint density at radius 3 is 2.33 bits per heavy atom. The van der Waals surface area contributed by atoms with Gasteiger partial charge in [0.2, 0.25) is 0 Å². The van der Waals surface area contributed by atoms with Crippen molar-refractivity contribution in [1.29, 1.82) is 0 Å². The van der Waals surface area contributed by atoms with Gasteiger partial charge >= 0.3 is 0 Å². The van der Waals surface area contributed by atoms with Crippen LogP contribution in [0.5, 0.6) is 0 Å². The smallest absolute Gasteiger partial charge is 0.0367 e. The summed E-state index contributed by atoms with van der Waals surface area (Å²) in [5, 5.41) is 0. The molecule has 0 unspecified atom stereocenters. The third-order valence-electron chi connectivity index (χ3n) is 1.85. The van der Waals surface area contributed by atoms with Crippen LogP contribution in [0.2, 0.25) is 0 Å². The van der Waals surface area contributed by atoms with E-state index in [4.69, 9.17) is 11.5 Å². The van der Waals surface area contributed by atoms with E-state index in [1.54, 1.807) is 0 Å². The molecule has 1 rings (SSSR count). The molecule has 4 N–H and O–H groups in total. The molecule has 0 aliphatic heterocycles. The summed E-state index contributed by atoms with van der Waals surface area (Å²) in [4.78, 5) is 0. The van der Waals surface area contributed by atoms with E-state index in [1.165, 1.54) is 0 Å². The zero-order chi connectivity index (χ0) is 8.97. The summed E-state index contributed by atoms with van der Waals surface area (Å²) in [5.41, 5.74) is 14.1. The molecule has 0 saturated carbocycles. The van der Waals surface area contributed by atoms with Gasteiger partial charge in [0.25, 0.3) is 0 Å². The maximum atomic E-state index is 5.75. The molecule has 0 amide bonds. The molecule has 2 nitrogen and oxygen atoms in total. The van der Waals surface area contributed by atoms with Crippen LogP contribution in [0.4, 0.5) is 11.4 Å². The zero-order valence-electron chi connectivity index (χ0n) is 7.09. The minimum Gasteiger partial charge on any atom is -0.398 e. The first kappa shape index (κ1) is 8.65. The molecule has 0 saturated heterocycles. The molecule has 0 atom stereocenters. The van der Waals surface area contributed by atoms with Crippen molar-refractivity contribution < 1.29 is 0 Å². The van der Waals surface area contributed by atoms with Gasteiger partial charge in [0.1, 0.15) is 0 Å².